The third-order valence-corrected chi connectivity index (χ3v) is 12.3. The lowest BCUT2D eigenvalue weighted by Gasteiger charge is -2.35. The average Bonchev–Trinajstić information content (AvgIpc) is 3.21. The number of fused-ring (bicyclic) bond motifs is 3. The second-order valence-electron chi connectivity index (χ2n) is 15.5. The zero-order valence-electron chi connectivity index (χ0n) is 31.8. The van der Waals surface area contributed by atoms with Gasteiger partial charge < -0.3 is 0 Å². The number of unbranched alkanes of at least 4 members (excludes halogenated alkanes) is 6. The van der Waals surface area contributed by atoms with E-state index in [0.717, 1.165) is 113 Å². The molecule has 55 heavy (non-hydrogen) atoms. The van der Waals surface area contributed by atoms with Crippen molar-refractivity contribution in [1.82, 2.24) is 9.80 Å². The molecule has 275 valence electrons. The van der Waals surface area contributed by atoms with Crippen LogP contribution >= 0.6 is 0 Å². The van der Waals surface area contributed by atoms with Crippen molar-refractivity contribution in [3.8, 4) is 0 Å². The zero-order valence-corrected chi connectivity index (χ0v) is 31.8. The highest BCUT2D eigenvalue weighted by atomic mass is 16.2. The fraction of sp³-hybridized carbons (Fsp3) is 0.286. The van der Waals surface area contributed by atoms with Crippen LogP contribution in [0.1, 0.15) is 132 Å². The molecule has 7 aromatic rings. The molecule has 2 aliphatic rings. The van der Waals surface area contributed by atoms with Gasteiger partial charge in [0.15, 0.2) is 0 Å². The Kier molecular flexibility index (Phi) is 8.87. The second-order valence-corrected chi connectivity index (χ2v) is 15.5. The first-order chi connectivity index (χ1) is 26.8. The third kappa shape index (κ3) is 5.36. The number of carbonyl (C=O) groups excluding carboxylic acids is 4. The van der Waals surface area contributed by atoms with Crippen LogP contribution in [0.4, 0.5) is 0 Å². The number of nitrogens with zero attached hydrogens (tertiary/aromatic N) is 2. The van der Waals surface area contributed by atoms with Gasteiger partial charge in [-0.25, -0.2) is 0 Å². The molecule has 0 aliphatic carbocycles. The van der Waals surface area contributed by atoms with E-state index in [4.69, 9.17) is 0 Å². The predicted molar refractivity (Wildman–Crippen MR) is 222 cm³/mol. The summed E-state index contributed by atoms with van der Waals surface area (Å²) in [5, 5.41) is 8.68. The maximum absolute atomic E-state index is 14.5. The van der Waals surface area contributed by atoms with Crippen LogP contribution in [0.25, 0.3) is 53.9 Å². The summed E-state index contributed by atoms with van der Waals surface area (Å²) >= 11 is 0. The normalized spacial score (nSPS) is 14.5. The first-order valence-electron chi connectivity index (χ1n) is 20.1. The maximum atomic E-state index is 14.5. The topological polar surface area (TPSA) is 74.8 Å². The van der Waals surface area contributed by atoms with Crippen molar-refractivity contribution in [2.45, 2.75) is 91.0 Å². The lowest BCUT2D eigenvalue weighted by molar-refractivity contribution is 0.0515. The molecule has 0 aromatic heterocycles. The Morgan fingerprint density at radius 1 is 0.473 bits per heavy atom. The van der Waals surface area contributed by atoms with Gasteiger partial charge in [0.1, 0.15) is 6.04 Å². The molecule has 2 aliphatic heterocycles. The molecule has 0 bridgehead atoms. The van der Waals surface area contributed by atoms with Gasteiger partial charge in [-0.2, -0.15) is 0 Å². The van der Waals surface area contributed by atoms with Crippen molar-refractivity contribution in [3.05, 3.63) is 125 Å². The van der Waals surface area contributed by atoms with Crippen molar-refractivity contribution in [1.29, 1.82) is 0 Å². The summed E-state index contributed by atoms with van der Waals surface area (Å²) in [6.45, 7) is 6.23. The Labute approximate surface area is 321 Å². The number of amides is 4. The number of carbonyl (C=O) groups is 4. The molecule has 7 aromatic carbocycles. The quantitative estimate of drug-likeness (QED) is 0.0513. The highest BCUT2D eigenvalue weighted by molar-refractivity contribution is 6.41. The Bertz CT molecular complexity index is 2570. The Balaban J connectivity index is 1.15. The van der Waals surface area contributed by atoms with E-state index in [0.29, 0.717) is 39.1 Å². The average molecular weight is 726 g/mol. The molecular formula is C49H45N2O4. The van der Waals surface area contributed by atoms with Gasteiger partial charge >= 0.3 is 0 Å². The molecule has 2 heterocycles. The van der Waals surface area contributed by atoms with E-state index >= 15 is 0 Å². The van der Waals surface area contributed by atoms with Crippen molar-refractivity contribution in [2.24, 2.45) is 0 Å². The Hall–Kier alpha value is -5.62. The Morgan fingerprint density at radius 3 is 1.42 bits per heavy atom. The van der Waals surface area contributed by atoms with Crippen molar-refractivity contribution < 1.29 is 19.2 Å². The molecule has 0 atom stereocenters. The lowest BCUT2D eigenvalue weighted by Crippen LogP contribution is -2.47. The number of imide groups is 2. The third-order valence-electron chi connectivity index (χ3n) is 12.3. The number of benzene rings is 7. The summed E-state index contributed by atoms with van der Waals surface area (Å²) in [6.07, 6.45) is 10.4. The van der Waals surface area contributed by atoms with Crippen LogP contribution < -0.4 is 0 Å². The minimum absolute atomic E-state index is 0.128. The number of hydrogen-bond donors (Lipinski definition) is 0. The smallest absolute Gasteiger partial charge is 0.262 e. The number of rotatable bonds is 13. The van der Waals surface area contributed by atoms with Crippen molar-refractivity contribution >= 4 is 77.5 Å². The van der Waals surface area contributed by atoms with E-state index < -0.39 is 0 Å². The van der Waals surface area contributed by atoms with E-state index in [9.17, 15) is 19.2 Å². The molecule has 0 saturated heterocycles. The van der Waals surface area contributed by atoms with E-state index in [1.54, 1.807) is 4.90 Å². The summed E-state index contributed by atoms with van der Waals surface area (Å²) in [7, 11) is 0. The zero-order chi connectivity index (χ0) is 38.0. The summed E-state index contributed by atoms with van der Waals surface area (Å²) < 4.78 is 0. The van der Waals surface area contributed by atoms with Gasteiger partial charge in [-0.15, -0.1) is 0 Å². The molecule has 0 fully saturated rings. The first-order valence-corrected chi connectivity index (χ1v) is 20.1. The maximum Gasteiger partial charge on any atom is 0.262 e. The summed E-state index contributed by atoms with van der Waals surface area (Å²) in [5.74, 6) is -1.11. The second kappa shape index (κ2) is 13.9. The predicted octanol–water partition coefficient (Wildman–Crippen LogP) is 12.0. The van der Waals surface area contributed by atoms with Gasteiger partial charge in [0.2, 0.25) is 0 Å². The molecule has 6 nitrogen and oxygen atoms in total. The monoisotopic (exact) mass is 725 g/mol. The van der Waals surface area contributed by atoms with Crippen LogP contribution in [0, 0.1) is 6.04 Å². The molecule has 1 radical (unpaired) electrons. The fourth-order valence-corrected chi connectivity index (χ4v) is 9.60. The van der Waals surface area contributed by atoms with Gasteiger partial charge in [0, 0.05) is 39.1 Å². The molecule has 0 saturated carbocycles. The summed E-state index contributed by atoms with van der Waals surface area (Å²) in [4.78, 5) is 60.7. The molecular weight excluding hydrogens is 681 g/mol. The minimum atomic E-state index is -0.349. The standard InChI is InChI=1S/C49H45N2O4/c1-4-6-8-10-17-31(18-11-9-7-5-2)51-48(54)40-27-23-36-34-21-25-38-44-39(26-22-35(42(34)44)37-24-28-41(49(51)55)45(40)43(36)37)47(53)50(46(38)52)29(3)32-20-14-16-30-15-12-13-19-33(30)32/h12-16,19-28,31H,4-11,17-18H2,1-3H3. The molecule has 4 amide bonds. The van der Waals surface area contributed by atoms with E-state index in [2.05, 4.69) is 13.8 Å². The van der Waals surface area contributed by atoms with Gasteiger partial charge in [-0.3, -0.25) is 29.0 Å². The fourth-order valence-electron chi connectivity index (χ4n) is 9.60. The minimum Gasteiger partial charge on any atom is -0.271 e. The van der Waals surface area contributed by atoms with Crippen LogP contribution in [-0.2, 0) is 0 Å². The van der Waals surface area contributed by atoms with Crippen molar-refractivity contribution in [3.63, 3.8) is 0 Å². The first kappa shape index (κ1) is 35.1. The molecule has 9 rings (SSSR count). The van der Waals surface area contributed by atoms with Crippen LogP contribution in [-0.4, -0.2) is 39.5 Å². The lowest BCUT2D eigenvalue weighted by atomic mass is 9.81. The highest BCUT2D eigenvalue weighted by Gasteiger charge is 2.40. The van der Waals surface area contributed by atoms with Crippen LogP contribution in [0.2, 0.25) is 0 Å². The molecule has 0 N–H and O–H groups in total. The molecule has 0 unspecified atom stereocenters. The van der Waals surface area contributed by atoms with Crippen LogP contribution in [0.3, 0.4) is 0 Å². The summed E-state index contributed by atoms with van der Waals surface area (Å²) in [6, 6.07) is 29.8. The molecule has 0 spiro atoms. The SMILES string of the molecule is CCCCCCC(CCCCCC)N1C(=O)c2ccc3c4ccc5c6c(ccc(c7ccc(c2c37)C1=O)c64)C(=O)N([C](C)c1cccc2ccccc12)C5=O. The van der Waals surface area contributed by atoms with Gasteiger partial charge in [-0.05, 0) is 92.7 Å². The van der Waals surface area contributed by atoms with Crippen LogP contribution in [0.15, 0.2) is 91.0 Å². The van der Waals surface area contributed by atoms with Gasteiger partial charge in [0.25, 0.3) is 23.6 Å². The number of hydrogen-bond acceptors (Lipinski definition) is 4. The van der Waals surface area contributed by atoms with Crippen molar-refractivity contribution in [2.75, 3.05) is 0 Å². The highest BCUT2D eigenvalue weighted by Crippen LogP contribution is 2.47. The van der Waals surface area contributed by atoms with Crippen LogP contribution in [0.5, 0.6) is 0 Å². The van der Waals surface area contributed by atoms with Gasteiger partial charge in [-0.1, -0.05) is 132 Å². The van der Waals surface area contributed by atoms with E-state index in [1.807, 2.05) is 97.9 Å². The van der Waals surface area contributed by atoms with E-state index in [1.165, 1.54) is 4.90 Å². The molecule has 6 heteroatoms. The largest absolute Gasteiger partial charge is 0.271 e. The summed E-state index contributed by atoms with van der Waals surface area (Å²) in [5.41, 5.74) is 2.93. The Morgan fingerprint density at radius 2 is 0.927 bits per heavy atom. The van der Waals surface area contributed by atoms with E-state index in [-0.39, 0.29) is 29.7 Å². The van der Waals surface area contributed by atoms with Gasteiger partial charge in [0.05, 0.1) is 0 Å².